The Morgan fingerprint density at radius 2 is 1.59 bits per heavy atom. The van der Waals surface area contributed by atoms with Gasteiger partial charge < -0.3 is 35.6 Å². The summed E-state index contributed by atoms with van der Waals surface area (Å²) in [6.07, 6.45) is 4.14. The van der Waals surface area contributed by atoms with Gasteiger partial charge in [-0.3, -0.25) is 24.1 Å². The van der Waals surface area contributed by atoms with Gasteiger partial charge in [0.2, 0.25) is 23.6 Å². The number of nitrogen functional groups attached to an aromatic ring is 1. The summed E-state index contributed by atoms with van der Waals surface area (Å²) in [6.45, 7) is 15.1. The van der Waals surface area contributed by atoms with E-state index in [2.05, 4.69) is 34.4 Å². The molecule has 1 fully saturated rings. The van der Waals surface area contributed by atoms with Crippen molar-refractivity contribution < 1.29 is 28.7 Å². The molecular weight excluding hydrogens is 815 g/mol. The summed E-state index contributed by atoms with van der Waals surface area (Å²) in [6, 6.07) is 15.4. The molecule has 2 unspecified atom stereocenters. The lowest BCUT2D eigenvalue weighted by Gasteiger charge is -2.41. The quantitative estimate of drug-likeness (QED) is 0.0868. The van der Waals surface area contributed by atoms with E-state index in [0.717, 1.165) is 35.4 Å². The van der Waals surface area contributed by atoms with Crippen LogP contribution in [0.15, 0.2) is 66.2 Å². The SMILES string of the molecule is CC[C@H](C)C([C@@H](CC(=O)N1CCC[C@H]1[C@H](OC)[C@@H](C)C(=O)N[C@@H](Cc1ccccc1)c1nccs1)OC)N(C)C(=O)[C@@H](NC(=O)C(C(C)C)N(C)CCc1ccc(N)cc1)C(C)C. The first kappa shape index (κ1) is 51.3. The number of carbonyl (C=O) groups excluding carboxylic acids is 4. The number of nitrogens with zero attached hydrogens (tertiary/aromatic N) is 4. The Morgan fingerprint density at radius 3 is 2.16 bits per heavy atom. The fraction of sp³-hybridized carbons (Fsp3) is 0.612. The van der Waals surface area contributed by atoms with Gasteiger partial charge in [0.15, 0.2) is 0 Å². The van der Waals surface area contributed by atoms with Gasteiger partial charge in [0.05, 0.1) is 48.7 Å². The Morgan fingerprint density at radius 1 is 0.905 bits per heavy atom. The van der Waals surface area contributed by atoms with Crippen LogP contribution in [-0.2, 0) is 41.5 Å². The summed E-state index contributed by atoms with van der Waals surface area (Å²) in [5.74, 6) is -1.53. The Labute approximate surface area is 380 Å². The number of benzene rings is 2. The normalized spacial score (nSPS) is 18.1. The number of likely N-dealkylation sites (tertiary alicyclic amines) is 1. The molecule has 4 amide bonds. The number of rotatable bonds is 24. The number of ether oxygens (including phenoxy) is 2. The average Bonchev–Trinajstić information content (AvgIpc) is 3.99. The van der Waals surface area contributed by atoms with Crippen LogP contribution in [0.4, 0.5) is 5.69 Å². The number of likely N-dealkylation sites (N-methyl/N-ethyl adjacent to an activating group) is 2. The van der Waals surface area contributed by atoms with E-state index in [1.165, 1.54) is 11.3 Å². The minimum absolute atomic E-state index is 0.0108. The van der Waals surface area contributed by atoms with Gasteiger partial charge in [-0.25, -0.2) is 4.98 Å². The molecule has 0 spiro atoms. The second-order valence-corrected chi connectivity index (χ2v) is 19.0. The third-order valence-electron chi connectivity index (χ3n) is 12.9. The van der Waals surface area contributed by atoms with Crippen molar-refractivity contribution in [3.05, 3.63) is 82.3 Å². The summed E-state index contributed by atoms with van der Waals surface area (Å²) in [7, 11) is 6.89. The topological polar surface area (TPSA) is 159 Å². The van der Waals surface area contributed by atoms with E-state index in [1.807, 2.05) is 107 Å². The number of hydrogen-bond donors (Lipinski definition) is 3. The molecule has 0 radical (unpaired) electrons. The van der Waals surface area contributed by atoms with Gasteiger partial charge in [-0.2, -0.15) is 0 Å². The Hall–Kier alpha value is -4.37. The lowest BCUT2D eigenvalue weighted by molar-refractivity contribution is -0.148. The molecule has 0 bridgehead atoms. The van der Waals surface area contributed by atoms with Gasteiger partial charge in [0, 0.05) is 51.6 Å². The molecule has 63 heavy (non-hydrogen) atoms. The molecule has 1 aliphatic rings. The molecular formula is C49H75N7O6S. The van der Waals surface area contributed by atoms with Crippen LogP contribution < -0.4 is 16.4 Å². The summed E-state index contributed by atoms with van der Waals surface area (Å²) >= 11 is 1.50. The molecule has 4 rings (SSSR count). The van der Waals surface area contributed by atoms with Crippen LogP contribution in [0.2, 0.25) is 0 Å². The molecule has 348 valence electrons. The van der Waals surface area contributed by atoms with E-state index < -0.39 is 36.3 Å². The molecule has 2 heterocycles. The van der Waals surface area contributed by atoms with E-state index >= 15 is 0 Å². The van der Waals surface area contributed by atoms with Crippen LogP contribution in [0.25, 0.3) is 0 Å². The Kier molecular flexibility index (Phi) is 20.0. The predicted octanol–water partition coefficient (Wildman–Crippen LogP) is 6.39. The molecule has 1 aliphatic heterocycles. The lowest BCUT2D eigenvalue weighted by Crippen LogP contribution is -2.60. The first-order valence-corrected chi connectivity index (χ1v) is 23.6. The number of anilines is 1. The number of aromatic nitrogens is 1. The van der Waals surface area contributed by atoms with Crippen molar-refractivity contribution in [2.24, 2.45) is 23.7 Å². The van der Waals surface area contributed by atoms with E-state index in [9.17, 15) is 19.2 Å². The number of nitrogens with two attached hydrogens (primary N) is 1. The Balaban J connectivity index is 1.47. The smallest absolute Gasteiger partial charge is 0.245 e. The molecule has 2 aromatic carbocycles. The highest BCUT2D eigenvalue weighted by molar-refractivity contribution is 7.09. The molecule has 3 aromatic rings. The van der Waals surface area contributed by atoms with Crippen molar-refractivity contribution >= 4 is 40.7 Å². The zero-order valence-corrected chi connectivity index (χ0v) is 40.4. The zero-order chi connectivity index (χ0) is 46.4. The maximum absolute atomic E-state index is 14.6. The van der Waals surface area contributed by atoms with Gasteiger partial charge in [0.1, 0.15) is 11.0 Å². The molecule has 0 saturated carbocycles. The minimum atomic E-state index is -0.796. The number of thiazole rings is 1. The van der Waals surface area contributed by atoms with E-state index in [1.54, 1.807) is 32.4 Å². The summed E-state index contributed by atoms with van der Waals surface area (Å²) in [5.41, 5.74) is 8.81. The van der Waals surface area contributed by atoms with Gasteiger partial charge in [-0.05, 0) is 73.7 Å². The average molecular weight is 890 g/mol. The maximum atomic E-state index is 14.6. The molecule has 14 heteroatoms. The second kappa shape index (κ2) is 24.6. The number of carbonyl (C=O) groups is 4. The number of amides is 4. The van der Waals surface area contributed by atoms with Crippen molar-refractivity contribution in [2.45, 2.75) is 129 Å². The molecule has 13 nitrogen and oxygen atoms in total. The highest BCUT2D eigenvalue weighted by Gasteiger charge is 2.43. The van der Waals surface area contributed by atoms with Crippen LogP contribution >= 0.6 is 11.3 Å². The summed E-state index contributed by atoms with van der Waals surface area (Å²) < 4.78 is 12.2. The van der Waals surface area contributed by atoms with Gasteiger partial charge in [0.25, 0.3) is 0 Å². The molecule has 9 atom stereocenters. The molecule has 1 saturated heterocycles. The van der Waals surface area contributed by atoms with Crippen molar-refractivity contribution in [2.75, 3.05) is 47.1 Å². The predicted molar refractivity (Wildman–Crippen MR) is 252 cm³/mol. The van der Waals surface area contributed by atoms with Crippen LogP contribution in [-0.4, -0.2) is 121 Å². The first-order valence-electron chi connectivity index (χ1n) is 22.7. The largest absolute Gasteiger partial charge is 0.399 e. The highest BCUT2D eigenvalue weighted by Crippen LogP contribution is 2.31. The van der Waals surface area contributed by atoms with Crippen LogP contribution in [0, 0.1) is 23.7 Å². The standard InChI is InChI=1S/C49H75N7O6S/c1-12-33(6)44(55(9)49(60)42(31(2)3)53-47(59)43(32(4)5)54(8)27-24-35-20-22-37(50)23-21-35)40(61-10)30-41(57)56-26-16-19-39(56)45(62-11)34(7)46(58)52-38(48-51-25-28-63-48)29-36-17-14-13-15-18-36/h13-15,17-18,20-23,25,28,31-34,38-40,42-45H,12,16,19,24,26-27,29-30,50H2,1-11H3,(H,52,58)(H,53,59)/t33-,34+,38-,39-,40+,42-,43?,44?,45+/m0/s1. The van der Waals surface area contributed by atoms with Crippen molar-refractivity contribution in [3.8, 4) is 0 Å². The minimum Gasteiger partial charge on any atom is -0.399 e. The zero-order valence-electron chi connectivity index (χ0n) is 39.6. The fourth-order valence-corrected chi connectivity index (χ4v) is 9.87. The maximum Gasteiger partial charge on any atom is 0.245 e. The fourth-order valence-electron chi connectivity index (χ4n) is 9.18. The van der Waals surface area contributed by atoms with Crippen LogP contribution in [0.3, 0.4) is 0 Å². The second-order valence-electron chi connectivity index (χ2n) is 18.1. The number of methoxy groups -OCH3 is 2. The third kappa shape index (κ3) is 13.8. The number of nitrogens with one attached hydrogen (secondary N) is 2. The van der Waals surface area contributed by atoms with Crippen molar-refractivity contribution in [3.63, 3.8) is 0 Å². The Bertz CT molecular complexity index is 1860. The first-order chi connectivity index (χ1) is 30.0. The number of hydrogen-bond acceptors (Lipinski definition) is 10. The van der Waals surface area contributed by atoms with Crippen molar-refractivity contribution in [1.29, 1.82) is 0 Å². The van der Waals surface area contributed by atoms with Crippen LogP contribution in [0.1, 0.15) is 96.3 Å². The van der Waals surface area contributed by atoms with Gasteiger partial charge in [-0.1, -0.05) is 97.4 Å². The molecule has 1 aromatic heterocycles. The molecule has 0 aliphatic carbocycles. The highest BCUT2D eigenvalue weighted by atomic mass is 32.1. The monoisotopic (exact) mass is 890 g/mol. The third-order valence-corrected chi connectivity index (χ3v) is 13.8. The van der Waals surface area contributed by atoms with Crippen molar-refractivity contribution in [1.82, 2.24) is 30.3 Å². The van der Waals surface area contributed by atoms with Gasteiger partial charge >= 0.3 is 0 Å². The van der Waals surface area contributed by atoms with Crippen LogP contribution in [0.5, 0.6) is 0 Å². The van der Waals surface area contributed by atoms with Gasteiger partial charge in [-0.15, -0.1) is 11.3 Å². The van der Waals surface area contributed by atoms with E-state index in [0.29, 0.717) is 31.6 Å². The van der Waals surface area contributed by atoms with E-state index in [-0.39, 0.29) is 59.9 Å². The summed E-state index contributed by atoms with van der Waals surface area (Å²) in [4.78, 5) is 67.2. The lowest BCUT2D eigenvalue weighted by atomic mass is 9.89. The summed E-state index contributed by atoms with van der Waals surface area (Å²) in [5, 5.41) is 9.12. The molecule has 4 N–H and O–H groups in total. The van der Waals surface area contributed by atoms with E-state index in [4.69, 9.17) is 15.2 Å².